The van der Waals surface area contributed by atoms with Crippen LogP contribution in [0.4, 0.5) is 11.5 Å². The fourth-order valence-corrected chi connectivity index (χ4v) is 1.87. The Balaban J connectivity index is 2.31. The van der Waals surface area contributed by atoms with Crippen molar-refractivity contribution >= 4 is 11.5 Å². The Bertz CT molecular complexity index is 619. The second-order valence-electron chi connectivity index (χ2n) is 4.33. The summed E-state index contributed by atoms with van der Waals surface area (Å²) in [7, 11) is 0. The molecule has 0 radical (unpaired) electrons. The van der Waals surface area contributed by atoms with Crippen LogP contribution in [0.25, 0.3) is 0 Å². The van der Waals surface area contributed by atoms with Crippen LogP contribution in [0.5, 0.6) is 5.88 Å². The van der Waals surface area contributed by atoms with Crippen LogP contribution in [0.2, 0.25) is 0 Å². The Kier molecular flexibility index (Phi) is 4.65. The summed E-state index contributed by atoms with van der Waals surface area (Å²) in [4.78, 5) is 18.5. The molecule has 0 saturated carbocycles. The SMILES string of the molecule is CCNc1ncnc(OC(C)c2ccccc2)c1[N+](=O)[O-]. The van der Waals surface area contributed by atoms with Gasteiger partial charge in [0, 0.05) is 6.54 Å². The number of rotatable bonds is 6. The smallest absolute Gasteiger partial charge is 0.372 e. The fraction of sp³-hybridized carbons (Fsp3) is 0.286. The van der Waals surface area contributed by atoms with Crippen molar-refractivity contribution < 1.29 is 9.66 Å². The molecule has 1 heterocycles. The van der Waals surface area contributed by atoms with Crippen LogP contribution < -0.4 is 10.1 Å². The van der Waals surface area contributed by atoms with Crippen LogP contribution in [0.3, 0.4) is 0 Å². The van der Waals surface area contributed by atoms with E-state index in [1.807, 2.05) is 44.2 Å². The maximum Gasteiger partial charge on any atom is 0.372 e. The number of anilines is 1. The van der Waals surface area contributed by atoms with Crippen molar-refractivity contribution in [2.24, 2.45) is 0 Å². The van der Waals surface area contributed by atoms with Crippen LogP contribution in [-0.2, 0) is 0 Å². The lowest BCUT2D eigenvalue weighted by Crippen LogP contribution is -2.10. The molecule has 7 heteroatoms. The normalized spacial score (nSPS) is 11.7. The third kappa shape index (κ3) is 3.44. The summed E-state index contributed by atoms with van der Waals surface area (Å²) in [6.07, 6.45) is 0.896. The number of nitrogens with one attached hydrogen (secondary N) is 1. The van der Waals surface area contributed by atoms with Crippen molar-refractivity contribution in [3.8, 4) is 5.88 Å². The summed E-state index contributed by atoms with van der Waals surface area (Å²) in [5, 5.41) is 14.1. The maximum atomic E-state index is 11.2. The summed E-state index contributed by atoms with van der Waals surface area (Å²) in [5.41, 5.74) is 0.664. The first-order chi connectivity index (χ1) is 10.1. The average molecular weight is 288 g/mol. The van der Waals surface area contributed by atoms with E-state index in [4.69, 9.17) is 4.74 Å². The topological polar surface area (TPSA) is 90.2 Å². The quantitative estimate of drug-likeness (QED) is 0.649. The lowest BCUT2D eigenvalue weighted by Gasteiger charge is -2.14. The molecule has 1 aromatic carbocycles. The first-order valence-electron chi connectivity index (χ1n) is 6.58. The second kappa shape index (κ2) is 6.65. The first kappa shape index (κ1) is 14.7. The van der Waals surface area contributed by atoms with Gasteiger partial charge in [0.25, 0.3) is 5.88 Å². The molecule has 0 amide bonds. The molecule has 0 saturated heterocycles. The van der Waals surface area contributed by atoms with Gasteiger partial charge in [-0.05, 0) is 19.4 Å². The van der Waals surface area contributed by atoms with Gasteiger partial charge in [-0.15, -0.1) is 0 Å². The molecular formula is C14H16N4O3. The summed E-state index contributed by atoms with van der Waals surface area (Å²) >= 11 is 0. The number of nitrogens with zero attached hydrogens (tertiary/aromatic N) is 3. The van der Waals surface area contributed by atoms with Crippen molar-refractivity contribution in [3.63, 3.8) is 0 Å². The van der Waals surface area contributed by atoms with Gasteiger partial charge in [0.15, 0.2) is 0 Å². The zero-order valence-electron chi connectivity index (χ0n) is 11.8. The predicted octanol–water partition coefficient (Wildman–Crippen LogP) is 2.96. The van der Waals surface area contributed by atoms with Crippen LogP contribution in [0.15, 0.2) is 36.7 Å². The largest absolute Gasteiger partial charge is 0.465 e. The van der Waals surface area contributed by atoms with E-state index in [1.165, 1.54) is 6.33 Å². The Morgan fingerprint density at radius 3 is 2.67 bits per heavy atom. The molecule has 0 aliphatic carbocycles. The van der Waals surface area contributed by atoms with E-state index in [-0.39, 0.29) is 23.5 Å². The van der Waals surface area contributed by atoms with E-state index in [0.29, 0.717) is 6.54 Å². The van der Waals surface area contributed by atoms with E-state index in [9.17, 15) is 10.1 Å². The molecule has 0 fully saturated rings. The van der Waals surface area contributed by atoms with Gasteiger partial charge in [-0.1, -0.05) is 30.3 Å². The van der Waals surface area contributed by atoms with E-state index in [2.05, 4.69) is 15.3 Å². The number of nitro groups is 1. The van der Waals surface area contributed by atoms with Crippen molar-refractivity contribution in [1.82, 2.24) is 9.97 Å². The van der Waals surface area contributed by atoms with Crippen LogP contribution in [0, 0.1) is 10.1 Å². The minimum atomic E-state index is -0.537. The molecule has 110 valence electrons. The van der Waals surface area contributed by atoms with Gasteiger partial charge in [-0.2, -0.15) is 4.98 Å². The minimum absolute atomic E-state index is 0.0395. The zero-order valence-corrected chi connectivity index (χ0v) is 11.8. The van der Waals surface area contributed by atoms with Gasteiger partial charge >= 0.3 is 5.69 Å². The molecule has 0 bridgehead atoms. The van der Waals surface area contributed by atoms with Crippen LogP contribution >= 0.6 is 0 Å². The Morgan fingerprint density at radius 2 is 2.05 bits per heavy atom. The number of ether oxygens (including phenoxy) is 1. The summed E-state index contributed by atoms with van der Waals surface area (Å²) in [6, 6.07) is 9.44. The molecule has 0 aliphatic rings. The molecule has 1 N–H and O–H groups in total. The zero-order chi connectivity index (χ0) is 15.2. The highest BCUT2D eigenvalue weighted by molar-refractivity contribution is 5.61. The predicted molar refractivity (Wildman–Crippen MR) is 78.3 cm³/mol. The molecule has 21 heavy (non-hydrogen) atoms. The minimum Gasteiger partial charge on any atom is -0.465 e. The van der Waals surface area contributed by atoms with Gasteiger partial charge in [-0.3, -0.25) is 10.1 Å². The van der Waals surface area contributed by atoms with Crippen LogP contribution in [-0.4, -0.2) is 21.4 Å². The molecule has 2 aromatic rings. The number of aromatic nitrogens is 2. The van der Waals surface area contributed by atoms with E-state index >= 15 is 0 Å². The Morgan fingerprint density at radius 1 is 1.33 bits per heavy atom. The first-order valence-corrected chi connectivity index (χ1v) is 6.58. The summed E-state index contributed by atoms with van der Waals surface area (Å²) in [5.74, 6) is 0.120. The van der Waals surface area contributed by atoms with Gasteiger partial charge in [0.1, 0.15) is 12.4 Å². The summed E-state index contributed by atoms with van der Waals surface area (Å²) < 4.78 is 5.65. The van der Waals surface area contributed by atoms with Crippen molar-refractivity contribution in [2.45, 2.75) is 20.0 Å². The van der Waals surface area contributed by atoms with Gasteiger partial charge in [-0.25, -0.2) is 4.98 Å². The average Bonchev–Trinajstić information content (AvgIpc) is 2.48. The third-order valence-electron chi connectivity index (χ3n) is 2.87. The van der Waals surface area contributed by atoms with Crippen LogP contribution in [0.1, 0.15) is 25.5 Å². The molecule has 1 unspecified atom stereocenters. The number of benzene rings is 1. The molecule has 1 aromatic heterocycles. The molecule has 0 aliphatic heterocycles. The number of hydrogen-bond acceptors (Lipinski definition) is 6. The third-order valence-corrected chi connectivity index (χ3v) is 2.87. The van der Waals surface area contributed by atoms with Gasteiger partial charge < -0.3 is 10.1 Å². The lowest BCUT2D eigenvalue weighted by atomic mass is 10.1. The highest BCUT2D eigenvalue weighted by Gasteiger charge is 2.25. The highest BCUT2D eigenvalue weighted by atomic mass is 16.6. The number of hydrogen-bond donors (Lipinski definition) is 1. The molecule has 7 nitrogen and oxygen atoms in total. The Hall–Kier alpha value is -2.70. The second-order valence-corrected chi connectivity index (χ2v) is 4.33. The van der Waals surface area contributed by atoms with Gasteiger partial charge in [0.2, 0.25) is 5.82 Å². The lowest BCUT2D eigenvalue weighted by molar-refractivity contribution is -0.385. The monoisotopic (exact) mass is 288 g/mol. The molecule has 0 spiro atoms. The molecule has 1 atom stereocenters. The summed E-state index contributed by atoms with van der Waals surface area (Å²) in [6.45, 7) is 4.17. The van der Waals surface area contributed by atoms with Crippen molar-refractivity contribution in [2.75, 3.05) is 11.9 Å². The Labute approximate surface area is 122 Å². The maximum absolute atomic E-state index is 11.2. The molecule has 2 rings (SSSR count). The van der Waals surface area contributed by atoms with Crippen molar-refractivity contribution in [3.05, 3.63) is 52.3 Å². The highest BCUT2D eigenvalue weighted by Crippen LogP contribution is 2.33. The fourth-order valence-electron chi connectivity index (χ4n) is 1.87. The standard InChI is InChI=1S/C14H16N4O3/c1-3-15-13-12(18(19)20)14(17-9-16-13)21-10(2)11-7-5-4-6-8-11/h4-10H,3H2,1-2H3,(H,15,16,17). The van der Waals surface area contributed by atoms with E-state index in [1.54, 1.807) is 0 Å². The van der Waals surface area contributed by atoms with E-state index < -0.39 is 4.92 Å². The van der Waals surface area contributed by atoms with E-state index in [0.717, 1.165) is 5.56 Å². The van der Waals surface area contributed by atoms with Gasteiger partial charge in [0.05, 0.1) is 4.92 Å². The van der Waals surface area contributed by atoms with Crippen molar-refractivity contribution in [1.29, 1.82) is 0 Å². The molecular weight excluding hydrogens is 272 g/mol.